The first-order valence-electron chi connectivity index (χ1n) is 8.68. The highest BCUT2D eigenvalue weighted by atomic mass is 16.7. The summed E-state index contributed by atoms with van der Waals surface area (Å²) in [6, 6.07) is 5.60. The molecule has 2 aliphatic rings. The average molecular weight is 347 g/mol. The molecule has 0 spiro atoms. The number of rotatable bonds is 3. The lowest BCUT2D eigenvalue weighted by atomic mass is 9.79. The van der Waals surface area contributed by atoms with Crippen molar-refractivity contribution in [3.63, 3.8) is 0 Å². The molecule has 1 unspecified atom stereocenters. The molecule has 2 aliphatic heterocycles. The van der Waals surface area contributed by atoms with Crippen molar-refractivity contribution in [2.75, 3.05) is 6.61 Å². The standard InChI is InChI=1S/C18H26BNO5/c1-11(2)20-16(21)15-10-22-13-8-7-12(9-14(13)23-15)19-24-17(3,4)18(5,6)25-19/h7-9,11,15H,10H2,1-6H3,(H,20,21). The monoisotopic (exact) mass is 347 g/mol. The van der Waals surface area contributed by atoms with E-state index in [-0.39, 0.29) is 18.6 Å². The Labute approximate surface area is 149 Å². The molecule has 6 nitrogen and oxygen atoms in total. The van der Waals surface area contributed by atoms with E-state index in [4.69, 9.17) is 18.8 Å². The van der Waals surface area contributed by atoms with Crippen LogP contribution in [0.15, 0.2) is 18.2 Å². The Balaban J connectivity index is 1.78. The molecule has 136 valence electrons. The summed E-state index contributed by atoms with van der Waals surface area (Å²) in [5, 5.41) is 2.84. The Kier molecular flexibility index (Phi) is 4.49. The molecule has 25 heavy (non-hydrogen) atoms. The molecule has 0 aromatic heterocycles. The normalized spacial score (nSPS) is 23.6. The number of hydrogen-bond acceptors (Lipinski definition) is 5. The van der Waals surface area contributed by atoms with Crippen LogP contribution in [0.2, 0.25) is 0 Å². The van der Waals surface area contributed by atoms with Crippen molar-refractivity contribution >= 4 is 18.5 Å². The minimum atomic E-state index is -0.663. The van der Waals surface area contributed by atoms with E-state index in [1.807, 2.05) is 59.7 Å². The van der Waals surface area contributed by atoms with Crippen molar-refractivity contribution < 1.29 is 23.6 Å². The van der Waals surface area contributed by atoms with Gasteiger partial charge >= 0.3 is 7.12 Å². The number of ether oxygens (including phenoxy) is 2. The number of carbonyl (C=O) groups excluding carboxylic acids is 1. The van der Waals surface area contributed by atoms with E-state index in [0.717, 1.165) is 5.46 Å². The highest BCUT2D eigenvalue weighted by molar-refractivity contribution is 6.62. The van der Waals surface area contributed by atoms with Gasteiger partial charge in [-0.3, -0.25) is 4.79 Å². The summed E-state index contributed by atoms with van der Waals surface area (Å²) in [6.07, 6.45) is -0.663. The van der Waals surface area contributed by atoms with Gasteiger partial charge in [0, 0.05) is 6.04 Å². The molecule has 0 radical (unpaired) electrons. The third-order valence-corrected chi connectivity index (χ3v) is 4.88. The molecule has 3 rings (SSSR count). The molecule has 1 amide bonds. The van der Waals surface area contributed by atoms with Crippen LogP contribution in [0.5, 0.6) is 11.5 Å². The maximum atomic E-state index is 12.2. The molecular weight excluding hydrogens is 321 g/mol. The molecule has 0 aliphatic carbocycles. The molecule has 7 heteroatoms. The molecule has 0 saturated carbocycles. The second-order valence-corrected chi connectivity index (χ2v) is 7.88. The van der Waals surface area contributed by atoms with Crippen LogP contribution in [0, 0.1) is 0 Å². The molecule has 2 heterocycles. The third kappa shape index (κ3) is 3.48. The van der Waals surface area contributed by atoms with Crippen molar-refractivity contribution in [1.82, 2.24) is 5.32 Å². The number of nitrogens with one attached hydrogen (secondary N) is 1. The Hall–Kier alpha value is -1.73. The van der Waals surface area contributed by atoms with Crippen molar-refractivity contribution in [1.29, 1.82) is 0 Å². The summed E-state index contributed by atoms with van der Waals surface area (Å²) < 4.78 is 23.7. The van der Waals surface area contributed by atoms with Crippen LogP contribution in [-0.2, 0) is 14.1 Å². The Morgan fingerprint density at radius 1 is 1.16 bits per heavy atom. The quantitative estimate of drug-likeness (QED) is 0.843. The van der Waals surface area contributed by atoms with Gasteiger partial charge in [-0.15, -0.1) is 0 Å². The van der Waals surface area contributed by atoms with Crippen LogP contribution in [0.3, 0.4) is 0 Å². The lowest BCUT2D eigenvalue weighted by molar-refractivity contribution is -0.130. The summed E-state index contributed by atoms with van der Waals surface area (Å²) >= 11 is 0. The smallest absolute Gasteiger partial charge is 0.485 e. The van der Waals surface area contributed by atoms with Gasteiger partial charge in [-0.05, 0) is 59.1 Å². The van der Waals surface area contributed by atoms with E-state index < -0.39 is 24.4 Å². The molecule has 1 atom stereocenters. The zero-order chi connectivity index (χ0) is 18.4. The van der Waals surface area contributed by atoms with Crippen LogP contribution in [0.25, 0.3) is 0 Å². The topological polar surface area (TPSA) is 66.0 Å². The molecular formula is C18H26BNO5. The predicted molar refractivity (Wildman–Crippen MR) is 95.3 cm³/mol. The average Bonchev–Trinajstić information content (AvgIpc) is 2.73. The van der Waals surface area contributed by atoms with Gasteiger partial charge in [0.2, 0.25) is 6.10 Å². The van der Waals surface area contributed by atoms with Crippen LogP contribution < -0.4 is 20.3 Å². The molecule has 1 aromatic carbocycles. The van der Waals surface area contributed by atoms with E-state index in [1.54, 1.807) is 0 Å². The number of carbonyl (C=O) groups is 1. The van der Waals surface area contributed by atoms with Gasteiger partial charge in [-0.1, -0.05) is 6.07 Å². The highest BCUT2D eigenvalue weighted by Gasteiger charge is 2.51. The first kappa shape index (κ1) is 18.1. The van der Waals surface area contributed by atoms with Crippen LogP contribution >= 0.6 is 0 Å². The first-order valence-corrected chi connectivity index (χ1v) is 8.68. The molecule has 1 N–H and O–H groups in total. The molecule has 1 aromatic rings. The number of fused-ring (bicyclic) bond motifs is 1. The van der Waals surface area contributed by atoms with Gasteiger partial charge in [0.15, 0.2) is 11.5 Å². The summed E-state index contributed by atoms with van der Waals surface area (Å²) in [5.41, 5.74) is 0.0146. The second-order valence-electron chi connectivity index (χ2n) is 7.88. The van der Waals surface area contributed by atoms with Crippen LogP contribution in [0.4, 0.5) is 0 Å². The van der Waals surface area contributed by atoms with Gasteiger partial charge in [0.05, 0.1) is 11.2 Å². The van der Waals surface area contributed by atoms with Gasteiger partial charge in [0.1, 0.15) is 6.61 Å². The zero-order valence-electron chi connectivity index (χ0n) is 15.7. The maximum absolute atomic E-state index is 12.2. The van der Waals surface area contributed by atoms with E-state index >= 15 is 0 Å². The minimum Gasteiger partial charge on any atom is -0.485 e. The SMILES string of the molecule is CC(C)NC(=O)C1COc2ccc(B3OC(C)(C)C(C)(C)O3)cc2O1. The van der Waals surface area contributed by atoms with Gasteiger partial charge in [-0.2, -0.15) is 0 Å². The van der Waals surface area contributed by atoms with E-state index in [9.17, 15) is 4.79 Å². The predicted octanol–water partition coefficient (Wildman–Crippen LogP) is 1.65. The maximum Gasteiger partial charge on any atom is 0.494 e. The summed E-state index contributed by atoms with van der Waals surface area (Å²) in [7, 11) is -0.483. The first-order chi connectivity index (χ1) is 11.6. The fourth-order valence-corrected chi connectivity index (χ4v) is 2.72. The number of hydrogen-bond donors (Lipinski definition) is 1. The van der Waals surface area contributed by atoms with Gasteiger partial charge < -0.3 is 24.1 Å². The van der Waals surface area contributed by atoms with E-state index in [0.29, 0.717) is 11.5 Å². The van der Waals surface area contributed by atoms with Crippen LogP contribution in [0.1, 0.15) is 41.5 Å². The van der Waals surface area contributed by atoms with E-state index in [1.165, 1.54) is 0 Å². The van der Waals surface area contributed by atoms with Crippen molar-refractivity contribution in [2.24, 2.45) is 0 Å². The Morgan fingerprint density at radius 2 is 1.80 bits per heavy atom. The van der Waals surface area contributed by atoms with Crippen LogP contribution in [-0.4, -0.2) is 43.0 Å². The number of benzene rings is 1. The van der Waals surface area contributed by atoms with E-state index in [2.05, 4.69) is 5.32 Å². The van der Waals surface area contributed by atoms with Crippen molar-refractivity contribution in [3.8, 4) is 11.5 Å². The summed E-state index contributed by atoms with van der Waals surface area (Å²) in [6.45, 7) is 12.1. The Morgan fingerprint density at radius 3 is 2.40 bits per heavy atom. The van der Waals surface area contributed by atoms with Crippen molar-refractivity contribution in [3.05, 3.63) is 18.2 Å². The van der Waals surface area contributed by atoms with Gasteiger partial charge in [0.25, 0.3) is 5.91 Å². The summed E-state index contributed by atoms with van der Waals surface area (Å²) in [4.78, 5) is 12.2. The zero-order valence-corrected chi connectivity index (χ0v) is 15.7. The van der Waals surface area contributed by atoms with Gasteiger partial charge in [-0.25, -0.2) is 0 Å². The lowest BCUT2D eigenvalue weighted by Crippen LogP contribution is -2.46. The minimum absolute atomic E-state index is 0.0496. The largest absolute Gasteiger partial charge is 0.494 e. The number of amides is 1. The second kappa shape index (κ2) is 6.22. The third-order valence-electron chi connectivity index (χ3n) is 4.88. The molecule has 0 bridgehead atoms. The summed E-state index contributed by atoms with van der Waals surface area (Å²) in [5.74, 6) is 0.970. The van der Waals surface area contributed by atoms with Crippen molar-refractivity contribution in [2.45, 2.75) is 64.9 Å². The molecule has 1 fully saturated rings. The fraction of sp³-hybridized carbons (Fsp3) is 0.611. The fourth-order valence-electron chi connectivity index (χ4n) is 2.72. The molecule has 1 saturated heterocycles. The lowest BCUT2D eigenvalue weighted by Gasteiger charge is -2.32. The highest BCUT2D eigenvalue weighted by Crippen LogP contribution is 2.37. The Bertz CT molecular complexity index is 657.